The number of hydrogen-bond acceptors (Lipinski definition) is 6. The van der Waals surface area contributed by atoms with Crippen molar-refractivity contribution in [3.05, 3.63) is 59.8 Å². The molecule has 142 valence electrons. The third kappa shape index (κ3) is 3.46. The second-order valence-corrected chi connectivity index (χ2v) is 6.70. The highest BCUT2D eigenvalue weighted by Crippen LogP contribution is 2.28. The Kier molecular flexibility index (Phi) is 4.57. The first kappa shape index (κ1) is 17.8. The molecule has 4 rings (SSSR count). The van der Waals surface area contributed by atoms with Crippen molar-refractivity contribution in [3.63, 3.8) is 0 Å². The van der Waals surface area contributed by atoms with E-state index in [1.165, 1.54) is 5.56 Å². The van der Waals surface area contributed by atoms with E-state index in [1.54, 1.807) is 18.0 Å². The van der Waals surface area contributed by atoms with Crippen LogP contribution in [0.15, 0.2) is 48.7 Å². The molecule has 2 aromatic carbocycles. The fourth-order valence-corrected chi connectivity index (χ4v) is 2.97. The van der Waals surface area contributed by atoms with Gasteiger partial charge in [0, 0.05) is 18.4 Å². The van der Waals surface area contributed by atoms with Crippen molar-refractivity contribution < 1.29 is 4.74 Å². The van der Waals surface area contributed by atoms with Crippen LogP contribution >= 0.6 is 0 Å². The van der Waals surface area contributed by atoms with Gasteiger partial charge in [0.05, 0.1) is 18.7 Å². The second-order valence-electron chi connectivity index (χ2n) is 6.70. The molecule has 0 fully saturated rings. The summed E-state index contributed by atoms with van der Waals surface area (Å²) in [6.45, 7) is 4.14. The summed E-state index contributed by atoms with van der Waals surface area (Å²) < 4.78 is 6.95. The number of benzene rings is 2. The molecule has 2 N–H and O–H groups in total. The monoisotopic (exact) mass is 374 g/mol. The van der Waals surface area contributed by atoms with Gasteiger partial charge in [0.1, 0.15) is 11.6 Å². The van der Waals surface area contributed by atoms with Crippen molar-refractivity contribution >= 4 is 34.2 Å². The Morgan fingerprint density at radius 3 is 2.50 bits per heavy atom. The van der Waals surface area contributed by atoms with Gasteiger partial charge in [-0.1, -0.05) is 12.1 Å². The van der Waals surface area contributed by atoms with Crippen molar-refractivity contribution in [1.82, 2.24) is 19.7 Å². The lowest BCUT2D eigenvalue weighted by molar-refractivity contribution is 0.415. The predicted molar refractivity (Wildman–Crippen MR) is 112 cm³/mol. The molecule has 0 atom stereocenters. The number of ether oxygens (including phenoxy) is 1. The number of nitrogens with zero attached hydrogens (tertiary/aromatic N) is 4. The highest BCUT2D eigenvalue weighted by atomic mass is 16.5. The zero-order valence-electron chi connectivity index (χ0n) is 16.3. The molecule has 0 spiro atoms. The number of aromatic nitrogens is 4. The molecule has 0 aliphatic carbocycles. The van der Waals surface area contributed by atoms with Gasteiger partial charge < -0.3 is 15.4 Å². The Labute approximate surface area is 163 Å². The van der Waals surface area contributed by atoms with Gasteiger partial charge in [-0.2, -0.15) is 15.1 Å². The van der Waals surface area contributed by atoms with Crippen LogP contribution in [0.25, 0.3) is 11.0 Å². The fraction of sp³-hybridized carbons (Fsp3) is 0.190. The van der Waals surface area contributed by atoms with Crippen molar-refractivity contribution in [2.45, 2.75) is 13.8 Å². The van der Waals surface area contributed by atoms with E-state index in [4.69, 9.17) is 9.72 Å². The van der Waals surface area contributed by atoms with E-state index >= 15 is 0 Å². The molecule has 7 heteroatoms. The van der Waals surface area contributed by atoms with E-state index in [9.17, 15) is 0 Å². The summed E-state index contributed by atoms with van der Waals surface area (Å²) in [5.74, 6) is 2.00. The molecule has 0 aliphatic heterocycles. The average molecular weight is 374 g/mol. The molecule has 7 nitrogen and oxygen atoms in total. The van der Waals surface area contributed by atoms with Gasteiger partial charge in [-0.15, -0.1) is 0 Å². The maximum absolute atomic E-state index is 5.21. The third-order valence-corrected chi connectivity index (χ3v) is 4.58. The van der Waals surface area contributed by atoms with E-state index in [2.05, 4.69) is 52.8 Å². The molecule has 2 heterocycles. The zero-order chi connectivity index (χ0) is 19.7. The first-order valence-electron chi connectivity index (χ1n) is 8.98. The van der Waals surface area contributed by atoms with E-state index in [-0.39, 0.29) is 0 Å². The molecule has 0 aliphatic rings. The smallest absolute Gasteiger partial charge is 0.231 e. The molecule has 0 unspecified atom stereocenters. The van der Waals surface area contributed by atoms with Gasteiger partial charge in [0.15, 0.2) is 5.65 Å². The van der Waals surface area contributed by atoms with Crippen molar-refractivity contribution in [1.29, 1.82) is 0 Å². The van der Waals surface area contributed by atoms with Crippen LogP contribution in [0, 0.1) is 13.8 Å². The highest BCUT2D eigenvalue weighted by molar-refractivity contribution is 5.90. The number of methoxy groups -OCH3 is 1. The Hall–Kier alpha value is -3.61. The maximum atomic E-state index is 5.21. The van der Waals surface area contributed by atoms with Crippen LogP contribution in [0.1, 0.15) is 11.1 Å². The lowest BCUT2D eigenvalue weighted by Crippen LogP contribution is -2.04. The SMILES string of the molecule is COc1ccc(Nc2nc(Nc3cc(C)ccc3C)c3cnn(C)c3n2)cc1. The number of rotatable bonds is 5. The minimum atomic E-state index is 0.495. The third-order valence-electron chi connectivity index (χ3n) is 4.58. The summed E-state index contributed by atoms with van der Waals surface area (Å²) in [7, 11) is 3.52. The Balaban J connectivity index is 1.73. The molecule has 28 heavy (non-hydrogen) atoms. The van der Waals surface area contributed by atoms with Crippen LogP contribution in [0.5, 0.6) is 5.75 Å². The van der Waals surface area contributed by atoms with E-state index < -0.39 is 0 Å². The van der Waals surface area contributed by atoms with E-state index in [1.807, 2.05) is 31.3 Å². The van der Waals surface area contributed by atoms with Crippen LogP contribution in [0.2, 0.25) is 0 Å². The highest BCUT2D eigenvalue weighted by Gasteiger charge is 2.13. The summed E-state index contributed by atoms with van der Waals surface area (Å²) in [6, 6.07) is 13.9. The average Bonchev–Trinajstić information content (AvgIpc) is 3.06. The molecular formula is C21H22N6O. The largest absolute Gasteiger partial charge is 0.497 e. The number of nitrogens with one attached hydrogen (secondary N) is 2. The number of hydrogen-bond donors (Lipinski definition) is 2. The van der Waals surface area contributed by atoms with Crippen LogP contribution in [0.4, 0.5) is 23.1 Å². The first-order valence-corrected chi connectivity index (χ1v) is 8.98. The zero-order valence-corrected chi connectivity index (χ0v) is 16.3. The van der Waals surface area contributed by atoms with E-state index in [0.717, 1.165) is 33.7 Å². The number of anilines is 4. The van der Waals surface area contributed by atoms with E-state index in [0.29, 0.717) is 11.8 Å². The van der Waals surface area contributed by atoms with Crippen molar-refractivity contribution in [2.75, 3.05) is 17.7 Å². The van der Waals surface area contributed by atoms with Gasteiger partial charge in [0.2, 0.25) is 5.95 Å². The minimum Gasteiger partial charge on any atom is -0.497 e. The molecule has 0 bridgehead atoms. The maximum Gasteiger partial charge on any atom is 0.231 e. The Morgan fingerprint density at radius 2 is 1.75 bits per heavy atom. The molecule has 0 amide bonds. The van der Waals surface area contributed by atoms with Gasteiger partial charge >= 0.3 is 0 Å². The lowest BCUT2D eigenvalue weighted by Gasteiger charge is -2.13. The quantitative estimate of drug-likeness (QED) is 0.536. The minimum absolute atomic E-state index is 0.495. The molecular weight excluding hydrogens is 352 g/mol. The van der Waals surface area contributed by atoms with Gasteiger partial charge in [-0.05, 0) is 55.3 Å². The van der Waals surface area contributed by atoms with Crippen LogP contribution in [-0.2, 0) is 7.05 Å². The topological polar surface area (TPSA) is 76.9 Å². The van der Waals surface area contributed by atoms with Crippen molar-refractivity contribution in [3.8, 4) is 5.75 Å². The summed E-state index contributed by atoms with van der Waals surface area (Å²) in [5, 5.41) is 11.9. The second kappa shape index (κ2) is 7.19. The molecule has 0 saturated heterocycles. The predicted octanol–water partition coefficient (Wildman–Crippen LogP) is 4.48. The van der Waals surface area contributed by atoms with Crippen LogP contribution < -0.4 is 15.4 Å². The van der Waals surface area contributed by atoms with Gasteiger partial charge in [0.25, 0.3) is 0 Å². The lowest BCUT2D eigenvalue weighted by atomic mass is 10.1. The van der Waals surface area contributed by atoms with Crippen LogP contribution in [0.3, 0.4) is 0 Å². The Morgan fingerprint density at radius 1 is 0.964 bits per heavy atom. The molecule has 4 aromatic rings. The summed E-state index contributed by atoms with van der Waals surface area (Å²) in [4.78, 5) is 9.32. The number of aryl methyl sites for hydroxylation is 3. The van der Waals surface area contributed by atoms with Crippen LogP contribution in [-0.4, -0.2) is 26.9 Å². The fourth-order valence-electron chi connectivity index (χ4n) is 2.97. The van der Waals surface area contributed by atoms with Gasteiger partial charge in [-0.25, -0.2) is 0 Å². The molecule has 0 saturated carbocycles. The molecule has 0 radical (unpaired) electrons. The normalized spacial score (nSPS) is 10.9. The number of fused-ring (bicyclic) bond motifs is 1. The molecule has 2 aromatic heterocycles. The summed E-state index contributed by atoms with van der Waals surface area (Å²) >= 11 is 0. The Bertz CT molecular complexity index is 1130. The summed E-state index contributed by atoms with van der Waals surface area (Å²) in [6.07, 6.45) is 1.78. The summed E-state index contributed by atoms with van der Waals surface area (Å²) in [5.41, 5.74) is 4.96. The van der Waals surface area contributed by atoms with Crippen molar-refractivity contribution in [2.24, 2.45) is 7.05 Å². The first-order chi connectivity index (χ1) is 13.5. The van der Waals surface area contributed by atoms with Gasteiger partial charge in [-0.3, -0.25) is 4.68 Å². The standard InChI is InChI=1S/C21H22N6O/c1-13-5-6-14(2)18(11-13)24-19-17-12-22-27(3)20(17)26-21(25-19)23-15-7-9-16(28-4)10-8-15/h5-12H,1-4H3,(H2,23,24,25,26).